The molecule has 0 bridgehead atoms. The summed E-state index contributed by atoms with van der Waals surface area (Å²) in [6, 6.07) is -4.56. The summed E-state index contributed by atoms with van der Waals surface area (Å²) in [5, 5.41) is 35.4. The van der Waals surface area contributed by atoms with Crippen LogP contribution >= 0.6 is 0 Å². The van der Waals surface area contributed by atoms with Gasteiger partial charge in [0.05, 0.1) is 49.7 Å². The Labute approximate surface area is 303 Å². The van der Waals surface area contributed by atoms with Gasteiger partial charge in [0.2, 0.25) is 29.5 Å². The van der Waals surface area contributed by atoms with E-state index in [0.29, 0.717) is 12.8 Å². The first-order valence-corrected chi connectivity index (χ1v) is 18.1. The van der Waals surface area contributed by atoms with Crippen LogP contribution in [0.1, 0.15) is 94.9 Å². The number of allylic oxidation sites excluding steroid dienone is 2. The summed E-state index contributed by atoms with van der Waals surface area (Å²) in [5.74, 6) is -4.22. The minimum Gasteiger partial charge on any atom is -0.466 e. The van der Waals surface area contributed by atoms with Crippen molar-refractivity contribution in [3.63, 3.8) is 0 Å². The Bertz CT molecular complexity index is 1220. The molecule has 0 spiro atoms. The van der Waals surface area contributed by atoms with Gasteiger partial charge in [-0.2, -0.15) is 0 Å². The number of amides is 5. The second-order valence-corrected chi connectivity index (χ2v) is 14.9. The van der Waals surface area contributed by atoms with Gasteiger partial charge in [-0.3, -0.25) is 28.8 Å². The molecule has 0 saturated carbocycles. The third-order valence-electron chi connectivity index (χ3n) is 8.43. The number of carbonyl (C=O) groups is 6. The van der Waals surface area contributed by atoms with Crippen molar-refractivity contribution in [2.75, 3.05) is 6.61 Å². The normalized spacial score (nSPS) is 17.0. The molecule has 0 aliphatic heterocycles. The number of carbonyl (C=O) groups excluding carboxylic acids is 6. The monoisotopic (exact) mass is 721 g/mol. The van der Waals surface area contributed by atoms with Crippen LogP contribution in [0.4, 0.5) is 0 Å². The van der Waals surface area contributed by atoms with E-state index in [0.717, 1.165) is 0 Å². The molecule has 14 nitrogen and oxygen atoms in total. The number of aliphatic hydroxyl groups excluding tert-OH is 2. The molecule has 0 unspecified atom stereocenters. The fourth-order valence-electron chi connectivity index (χ4n) is 5.62. The lowest BCUT2D eigenvalue weighted by atomic mass is 9.95. The Kier molecular flexibility index (Phi) is 19.7. The molecular weight excluding hydrogens is 658 g/mol. The highest BCUT2D eigenvalue weighted by molar-refractivity contribution is 5.93. The topological polar surface area (TPSA) is 212 Å². The molecule has 51 heavy (non-hydrogen) atoms. The molecule has 0 saturated heterocycles. The average Bonchev–Trinajstić information content (AvgIpc) is 3.56. The largest absolute Gasteiger partial charge is 0.466 e. The number of esters is 1. The zero-order chi connectivity index (χ0) is 39.0. The fraction of sp³-hybridized carbons (Fsp3) is 0.730. The van der Waals surface area contributed by atoms with Crippen molar-refractivity contribution in [3.8, 4) is 0 Å². The molecule has 0 fully saturated rings. The minimum atomic E-state index is -1.33. The van der Waals surface area contributed by atoms with E-state index in [9.17, 15) is 39.0 Å². The number of ether oxygens (including phenoxy) is 1. The second-order valence-electron chi connectivity index (χ2n) is 14.9. The van der Waals surface area contributed by atoms with Crippen molar-refractivity contribution in [1.82, 2.24) is 26.6 Å². The first-order valence-electron chi connectivity index (χ1n) is 18.1. The fourth-order valence-corrected chi connectivity index (χ4v) is 5.62. The van der Waals surface area contributed by atoms with Crippen LogP contribution in [0, 0.1) is 29.6 Å². The van der Waals surface area contributed by atoms with Crippen molar-refractivity contribution in [2.45, 2.75) is 137 Å². The van der Waals surface area contributed by atoms with Crippen LogP contribution in [-0.4, -0.2) is 94.7 Å². The van der Waals surface area contributed by atoms with Gasteiger partial charge in [0.15, 0.2) is 0 Å². The molecule has 1 aliphatic carbocycles. The van der Waals surface area contributed by atoms with E-state index in [1.165, 1.54) is 6.92 Å². The maximum atomic E-state index is 13.6. The van der Waals surface area contributed by atoms with Gasteiger partial charge in [-0.05, 0) is 50.4 Å². The first-order chi connectivity index (χ1) is 23.8. The van der Waals surface area contributed by atoms with Gasteiger partial charge in [0.1, 0.15) is 18.1 Å². The summed E-state index contributed by atoms with van der Waals surface area (Å²) in [6.07, 6.45) is 4.39. The lowest BCUT2D eigenvalue weighted by Crippen LogP contribution is -2.59. The van der Waals surface area contributed by atoms with Crippen LogP contribution in [0.25, 0.3) is 0 Å². The Morgan fingerprint density at radius 2 is 1.08 bits per heavy atom. The van der Waals surface area contributed by atoms with Gasteiger partial charge in [-0.15, -0.1) is 0 Å². The number of hydrogen-bond donors (Lipinski definition) is 7. The van der Waals surface area contributed by atoms with E-state index in [4.69, 9.17) is 4.74 Å². The van der Waals surface area contributed by atoms with Crippen LogP contribution in [0.5, 0.6) is 0 Å². The molecule has 0 aromatic rings. The first kappa shape index (κ1) is 45.2. The molecule has 5 amide bonds. The van der Waals surface area contributed by atoms with Crippen LogP contribution in [0.2, 0.25) is 0 Å². The van der Waals surface area contributed by atoms with Crippen molar-refractivity contribution in [3.05, 3.63) is 24.3 Å². The van der Waals surface area contributed by atoms with Gasteiger partial charge < -0.3 is 41.5 Å². The zero-order valence-corrected chi connectivity index (χ0v) is 32.0. The molecular formula is C37H63N5O9. The summed E-state index contributed by atoms with van der Waals surface area (Å²) < 4.78 is 4.91. The third kappa shape index (κ3) is 16.4. The van der Waals surface area contributed by atoms with Gasteiger partial charge in [0.25, 0.3) is 0 Å². The summed E-state index contributed by atoms with van der Waals surface area (Å²) in [5.41, 5.74) is 0. The van der Waals surface area contributed by atoms with E-state index in [2.05, 4.69) is 26.6 Å². The minimum absolute atomic E-state index is 0.0166. The zero-order valence-electron chi connectivity index (χ0n) is 32.0. The van der Waals surface area contributed by atoms with E-state index in [1.54, 1.807) is 58.9 Å². The molecule has 14 heteroatoms. The van der Waals surface area contributed by atoms with E-state index < -0.39 is 84.4 Å². The Hall–Kier alpha value is -3.78. The Morgan fingerprint density at radius 3 is 1.55 bits per heavy atom. The quantitative estimate of drug-likeness (QED) is 0.0809. The van der Waals surface area contributed by atoms with Gasteiger partial charge in [0, 0.05) is 0 Å². The predicted molar refractivity (Wildman–Crippen MR) is 194 cm³/mol. The standard InChI is InChI=1S/C37H63N5O9/c1-11-51-31(46)19-29(44)27(17-21(4)5)39-34(47)24(10)38-30(45)18-28(43)26(16-20(2)3)40-36(49)32(22(6)7)42-37(50)33(23(8)9)41-35(48)25-14-12-13-15-25/h12-15,20-29,32-33,43-44H,11,16-19H2,1-10H3,(H,38,45)(H,39,47)(H,40,49)(H,41,48)(H,42,50)/t24-,26-,27-,28-,29-,32-,33-/m0/s1. The van der Waals surface area contributed by atoms with Crippen LogP contribution in [-0.2, 0) is 33.5 Å². The van der Waals surface area contributed by atoms with Crippen molar-refractivity contribution in [1.29, 1.82) is 0 Å². The van der Waals surface area contributed by atoms with E-state index in [1.807, 2.05) is 27.7 Å². The summed E-state index contributed by atoms with van der Waals surface area (Å²) in [6.45, 7) is 18.0. The van der Waals surface area contributed by atoms with Crippen LogP contribution in [0.3, 0.4) is 0 Å². The number of rotatable bonds is 22. The van der Waals surface area contributed by atoms with Crippen molar-refractivity contribution >= 4 is 35.5 Å². The molecule has 0 heterocycles. The lowest BCUT2D eigenvalue weighted by molar-refractivity contribution is -0.146. The van der Waals surface area contributed by atoms with Gasteiger partial charge >= 0.3 is 5.97 Å². The number of aliphatic hydroxyl groups is 2. The highest BCUT2D eigenvalue weighted by Gasteiger charge is 2.34. The van der Waals surface area contributed by atoms with E-state index in [-0.39, 0.29) is 42.6 Å². The highest BCUT2D eigenvalue weighted by atomic mass is 16.5. The maximum absolute atomic E-state index is 13.6. The SMILES string of the molecule is CCOC(=O)C[C@H](O)[C@H](CC(C)C)NC(=O)[C@H](C)NC(=O)C[C@H](O)[C@H](CC(C)C)NC(=O)[C@@H](NC(=O)[C@@H](NC(=O)C1C=CC=C1)C(C)C)C(C)C. The highest BCUT2D eigenvalue weighted by Crippen LogP contribution is 2.16. The Morgan fingerprint density at radius 1 is 0.627 bits per heavy atom. The summed E-state index contributed by atoms with van der Waals surface area (Å²) in [4.78, 5) is 77.6. The van der Waals surface area contributed by atoms with Gasteiger partial charge in [-0.25, -0.2) is 0 Å². The molecule has 1 rings (SSSR count). The smallest absolute Gasteiger partial charge is 0.308 e. The van der Waals surface area contributed by atoms with E-state index >= 15 is 0 Å². The Balaban J connectivity index is 2.94. The molecule has 290 valence electrons. The third-order valence-corrected chi connectivity index (χ3v) is 8.43. The maximum Gasteiger partial charge on any atom is 0.308 e. The summed E-state index contributed by atoms with van der Waals surface area (Å²) >= 11 is 0. The van der Waals surface area contributed by atoms with Crippen LogP contribution < -0.4 is 26.6 Å². The van der Waals surface area contributed by atoms with Gasteiger partial charge in [-0.1, -0.05) is 79.7 Å². The number of hydrogen-bond acceptors (Lipinski definition) is 9. The molecule has 0 radical (unpaired) electrons. The van der Waals surface area contributed by atoms with Crippen molar-refractivity contribution in [2.24, 2.45) is 29.6 Å². The summed E-state index contributed by atoms with van der Waals surface area (Å²) in [7, 11) is 0. The average molecular weight is 722 g/mol. The lowest BCUT2D eigenvalue weighted by Gasteiger charge is -2.31. The molecule has 7 atom stereocenters. The van der Waals surface area contributed by atoms with Crippen LogP contribution in [0.15, 0.2) is 24.3 Å². The molecule has 1 aliphatic rings. The molecule has 7 N–H and O–H groups in total. The molecule has 0 aromatic carbocycles. The molecule has 0 aromatic heterocycles. The number of nitrogens with one attached hydrogen (secondary N) is 5. The predicted octanol–water partition coefficient (Wildman–Crippen LogP) is 1.64. The van der Waals surface area contributed by atoms with Crippen molar-refractivity contribution < 1.29 is 43.7 Å². The second kappa shape index (κ2) is 22.2.